The number of nitrogens with one attached hydrogen (secondary N) is 2. The van der Waals surface area contributed by atoms with Crippen LogP contribution in [0.15, 0.2) is 0 Å². The molecule has 1 rings (SSSR count). The number of carbonyl (C=O) groups is 1. The van der Waals surface area contributed by atoms with Crippen LogP contribution in [-0.2, 0) is 14.9 Å². The highest BCUT2D eigenvalue weighted by atomic mass is 32.2. The van der Waals surface area contributed by atoms with Gasteiger partial charge in [0.2, 0.25) is 0 Å². The Balaban J connectivity index is 2.65. The normalized spacial score (nSPS) is 24.6. The molecule has 1 aliphatic rings. The van der Waals surface area contributed by atoms with Crippen molar-refractivity contribution < 1.29 is 23.1 Å². The van der Waals surface area contributed by atoms with Gasteiger partial charge in [0.15, 0.2) is 0 Å². The predicted octanol–water partition coefficient (Wildman–Crippen LogP) is -1.37. The first-order valence-electron chi connectivity index (χ1n) is 5.59. The summed E-state index contributed by atoms with van der Waals surface area (Å²) in [6, 6.07) is -0.602. The van der Waals surface area contributed by atoms with E-state index in [1.807, 2.05) is 0 Å². The Morgan fingerprint density at radius 2 is 2.11 bits per heavy atom. The first kappa shape index (κ1) is 15.2. The quantitative estimate of drug-likeness (QED) is 0.587. The lowest BCUT2D eigenvalue weighted by Crippen LogP contribution is -2.50. The van der Waals surface area contributed by atoms with E-state index in [1.165, 1.54) is 7.05 Å². The molecule has 9 heteroatoms. The molecule has 0 aromatic heterocycles. The number of nitrogens with zero attached hydrogens (tertiary/aromatic N) is 1. The van der Waals surface area contributed by atoms with Crippen LogP contribution in [0.5, 0.6) is 0 Å². The summed E-state index contributed by atoms with van der Waals surface area (Å²) in [5.74, 6) is 0. The van der Waals surface area contributed by atoms with E-state index in [-0.39, 0.29) is 0 Å². The average molecular weight is 281 g/mol. The van der Waals surface area contributed by atoms with Gasteiger partial charge >= 0.3 is 16.3 Å². The summed E-state index contributed by atoms with van der Waals surface area (Å²) < 4.78 is 31.1. The summed E-state index contributed by atoms with van der Waals surface area (Å²) >= 11 is 0. The minimum Gasteiger partial charge on any atom is -0.446 e. The lowest BCUT2D eigenvalue weighted by molar-refractivity contribution is 0.118. The highest BCUT2D eigenvalue weighted by Gasteiger charge is 2.35. The van der Waals surface area contributed by atoms with E-state index in [0.29, 0.717) is 13.1 Å². The molecule has 1 aliphatic heterocycles. The Morgan fingerprint density at radius 1 is 1.50 bits per heavy atom. The van der Waals surface area contributed by atoms with Crippen LogP contribution >= 0.6 is 0 Å². The average Bonchev–Trinajstić information content (AvgIpc) is 2.60. The van der Waals surface area contributed by atoms with Crippen molar-refractivity contribution in [3.63, 3.8) is 0 Å². The topological polar surface area (TPSA) is 108 Å². The molecule has 8 nitrogen and oxygen atoms in total. The highest BCUT2D eigenvalue weighted by molar-refractivity contribution is 7.87. The van der Waals surface area contributed by atoms with Gasteiger partial charge in [-0.25, -0.2) is 9.52 Å². The number of carbonyl (C=O) groups excluding carboxylic acids is 1. The maximum atomic E-state index is 11.8. The van der Waals surface area contributed by atoms with Gasteiger partial charge in [0.1, 0.15) is 0 Å². The largest absolute Gasteiger partial charge is 0.446 e. The summed E-state index contributed by atoms with van der Waals surface area (Å²) in [5, 5.41) is 12.5. The highest BCUT2D eigenvalue weighted by Crippen LogP contribution is 2.10. The van der Waals surface area contributed by atoms with Crippen molar-refractivity contribution in [1.29, 1.82) is 0 Å². The molecule has 0 aromatic rings. The van der Waals surface area contributed by atoms with E-state index in [9.17, 15) is 18.3 Å². The second kappa shape index (κ2) is 5.83. The smallest absolute Gasteiger partial charge is 0.422 e. The zero-order valence-electron chi connectivity index (χ0n) is 10.6. The van der Waals surface area contributed by atoms with E-state index in [4.69, 9.17) is 4.74 Å². The lowest BCUT2D eigenvalue weighted by atomic mass is 10.2. The Kier molecular flexibility index (Phi) is 4.91. The minimum atomic E-state index is -4.01. The summed E-state index contributed by atoms with van der Waals surface area (Å²) in [6.07, 6.45) is -2.24. The van der Waals surface area contributed by atoms with Crippen LogP contribution in [0.1, 0.15) is 13.8 Å². The standard InChI is InChI=1S/C9H19N3O5S/c1-6(2)17-9(14)11-18(15,16)12(3)7-4-10-5-8(7)13/h6-8,10,13H,4-5H2,1-3H3,(H,11,14)/t7-,8-/m1/s1. The van der Waals surface area contributed by atoms with E-state index in [1.54, 1.807) is 18.6 Å². The Hall–Kier alpha value is -0.900. The fourth-order valence-electron chi connectivity index (χ4n) is 1.62. The van der Waals surface area contributed by atoms with Gasteiger partial charge in [0.05, 0.1) is 18.2 Å². The van der Waals surface area contributed by atoms with Crippen molar-refractivity contribution in [2.75, 3.05) is 20.1 Å². The van der Waals surface area contributed by atoms with E-state index in [0.717, 1.165) is 4.31 Å². The zero-order chi connectivity index (χ0) is 13.9. The maximum absolute atomic E-state index is 11.8. The molecule has 106 valence electrons. The van der Waals surface area contributed by atoms with Gasteiger partial charge in [0, 0.05) is 20.1 Å². The van der Waals surface area contributed by atoms with Gasteiger partial charge < -0.3 is 15.2 Å². The summed E-state index contributed by atoms with van der Waals surface area (Å²) in [6.45, 7) is 3.87. The van der Waals surface area contributed by atoms with Gasteiger partial charge in [0.25, 0.3) is 0 Å². The minimum absolute atomic E-state index is 0.320. The molecule has 0 bridgehead atoms. The van der Waals surface area contributed by atoms with Gasteiger partial charge in [-0.2, -0.15) is 12.7 Å². The number of aliphatic hydroxyl groups is 1. The molecule has 0 aromatic carbocycles. The molecule has 2 atom stereocenters. The Labute approximate surface area is 106 Å². The summed E-state index contributed by atoms with van der Waals surface area (Å²) in [7, 11) is -2.72. The third-order valence-electron chi connectivity index (χ3n) is 2.55. The first-order valence-corrected chi connectivity index (χ1v) is 7.03. The molecule has 3 N–H and O–H groups in total. The van der Waals surface area contributed by atoms with Crippen LogP contribution in [0, 0.1) is 0 Å². The molecular formula is C9H19N3O5S. The number of β-amino-alcohol motifs (C(OH)–C–C–N with tert-alkyl or cyclic N) is 1. The fourth-order valence-corrected chi connectivity index (χ4v) is 2.59. The molecule has 18 heavy (non-hydrogen) atoms. The molecule has 0 radical (unpaired) electrons. The molecule has 0 unspecified atom stereocenters. The number of hydrogen-bond acceptors (Lipinski definition) is 6. The Bertz CT molecular complexity index is 397. The van der Waals surface area contributed by atoms with Crippen LogP contribution in [-0.4, -0.2) is 62.3 Å². The molecule has 1 fully saturated rings. The van der Waals surface area contributed by atoms with Crippen LogP contribution < -0.4 is 10.0 Å². The van der Waals surface area contributed by atoms with E-state index < -0.39 is 34.6 Å². The van der Waals surface area contributed by atoms with Crippen LogP contribution in [0.4, 0.5) is 4.79 Å². The number of amides is 1. The number of hydrogen-bond donors (Lipinski definition) is 3. The Morgan fingerprint density at radius 3 is 2.56 bits per heavy atom. The second-order valence-corrected chi connectivity index (χ2v) is 6.10. The predicted molar refractivity (Wildman–Crippen MR) is 64.1 cm³/mol. The van der Waals surface area contributed by atoms with Crippen molar-refractivity contribution >= 4 is 16.3 Å². The number of aliphatic hydroxyl groups excluding tert-OH is 1. The number of rotatable bonds is 4. The number of ether oxygens (including phenoxy) is 1. The van der Waals surface area contributed by atoms with Crippen LogP contribution in [0.3, 0.4) is 0 Å². The van der Waals surface area contributed by atoms with Crippen LogP contribution in [0.2, 0.25) is 0 Å². The van der Waals surface area contributed by atoms with Gasteiger partial charge in [-0.05, 0) is 13.8 Å². The molecule has 0 aliphatic carbocycles. The molecule has 1 saturated heterocycles. The third kappa shape index (κ3) is 3.80. The van der Waals surface area contributed by atoms with Crippen molar-refractivity contribution in [2.24, 2.45) is 0 Å². The van der Waals surface area contributed by atoms with Crippen molar-refractivity contribution in [2.45, 2.75) is 32.1 Å². The molecule has 1 amide bonds. The van der Waals surface area contributed by atoms with E-state index in [2.05, 4.69) is 5.32 Å². The van der Waals surface area contributed by atoms with Gasteiger partial charge in [-0.15, -0.1) is 0 Å². The lowest BCUT2D eigenvalue weighted by Gasteiger charge is -2.25. The molecule has 0 saturated carbocycles. The summed E-state index contributed by atoms with van der Waals surface area (Å²) in [5.41, 5.74) is 0. The fraction of sp³-hybridized carbons (Fsp3) is 0.889. The van der Waals surface area contributed by atoms with Crippen molar-refractivity contribution in [3.8, 4) is 0 Å². The first-order chi connectivity index (χ1) is 8.24. The van der Waals surface area contributed by atoms with Crippen molar-refractivity contribution in [1.82, 2.24) is 14.3 Å². The zero-order valence-corrected chi connectivity index (χ0v) is 11.4. The maximum Gasteiger partial charge on any atom is 0.422 e. The van der Waals surface area contributed by atoms with Crippen LogP contribution in [0.25, 0.3) is 0 Å². The second-order valence-electron chi connectivity index (χ2n) is 4.37. The molecular weight excluding hydrogens is 262 g/mol. The van der Waals surface area contributed by atoms with E-state index >= 15 is 0 Å². The monoisotopic (exact) mass is 281 g/mol. The van der Waals surface area contributed by atoms with Crippen molar-refractivity contribution in [3.05, 3.63) is 0 Å². The number of likely N-dealkylation sites (N-methyl/N-ethyl adjacent to an activating group) is 1. The van der Waals surface area contributed by atoms with Gasteiger partial charge in [-0.1, -0.05) is 0 Å². The third-order valence-corrected chi connectivity index (χ3v) is 4.01. The molecule has 1 heterocycles. The summed E-state index contributed by atoms with van der Waals surface area (Å²) in [4.78, 5) is 11.3. The van der Waals surface area contributed by atoms with Gasteiger partial charge in [-0.3, -0.25) is 0 Å². The SMILES string of the molecule is CC(C)OC(=O)NS(=O)(=O)N(C)[C@@H]1CNC[C@H]1O. The molecule has 0 spiro atoms.